The molecule has 0 aliphatic carbocycles. The minimum absolute atomic E-state index is 0.272. The lowest BCUT2D eigenvalue weighted by atomic mass is 10.2. The topological polar surface area (TPSA) is 65.0 Å². The first-order valence-electron chi connectivity index (χ1n) is 5.86. The largest absolute Gasteiger partial charge is 0.459 e. The zero-order chi connectivity index (χ0) is 13.8. The number of esters is 1. The van der Waals surface area contributed by atoms with Crippen LogP contribution < -0.4 is 0 Å². The SMILES string of the molecule is CO[C@@H]1O[C@H](COC(=O)c2ccccc2)[C@H](F)[C@@H]1O. The first-order valence-corrected chi connectivity index (χ1v) is 5.86. The van der Waals surface area contributed by atoms with Crippen LogP contribution in [0.1, 0.15) is 10.4 Å². The van der Waals surface area contributed by atoms with Crippen LogP contribution in [0.4, 0.5) is 4.39 Å². The van der Waals surface area contributed by atoms with Crippen LogP contribution in [0.3, 0.4) is 0 Å². The smallest absolute Gasteiger partial charge is 0.338 e. The fourth-order valence-electron chi connectivity index (χ4n) is 1.84. The van der Waals surface area contributed by atoms with Gasteiger partial charge in [0, 0.05) is 7.11 Å². The van der Waals surface area contributed by atoms with E-state index in [1.165, 1.54) is 7.11 Å². The zero-order valence-electron chi connectivity index (χ0n) is 10.4. The summed E-state index contributed by atoms with van der Waals surface area (Å²) in [4.78, 5) is 11.6. The Bertz CT molecular complexity index is 424. The molecule has 1 aliphatic rings. The second kappa shape index (κ2) is 6.10. The maximum atomic E-state index is 13.6. The zero-order valence-corrected chi connectivity index (χ0v) is 10.4. The lowest BCUT2D eigenvalue weighted by Gasteiger charge is -2.13. The van der Waals surface area contributed by atoms with Gasteiger partial charge in [-0.1, -0.05) is 18.2 Å². The van der Waals surface area contributed by atoms with Gasteiger partial charge in [-0.25, -0.2) is 9.18 Å². The highest BCUT2D eigenvalue weighted by Crippen LogP contribution is 2.24. The van der Waals surface area contributed by atoms with Gasteiger partial charge in [-0.15, -0.1) is 0 Å². The Morgan fingerprint density at radius 2 is 2.11 bits per heavy atom. The molecule has 1 saturated heterocycles. The summed E-state index contributed by atoms with van der Waals surface area (Å²) in [5, 5.41) is 9.44. The number of benzene rings is 1. The van der Waals surface area contributed by atoms with Crippen LogP contribution in [0, 0.1) is 0 Å². The number of halogens is 1. The Labute approximate surface area is 109 Å². The molecule has 1 aromatic carbocycles. The van der Waals surface area contributed by atoms with Crippen LogP contribution in [0.2, 0.25) is 0 Å². The third kappa shape index (κ3) is 3.09. The Hall–Kier alpha value is -1.50. The van der Waals surface area contributed by atoms with E-state index in [1.807, 2.05) is 0 Å². The van der Waals surface area contributed by atoms with Crippen molar-refractivity contribution in [1.82, 2.24) is 0 Å². The summed E-state index contributed by atoms with van der Waals surface area (Å²) in [6, 6.07) is 8.36. The van der Waals surface area contributed by atoms with Crippen molar-refractivity contribution in [3.63, 3.8) is 0 Å². The molecule has 0 unspecified atom stereocenters. The molecule has 0 amide bonds. The summed E-state index contributed by atoms with van der Waals surface area (Å²) in [6.07, 6.45) is -5.07. The number of rotatable bonds is 4. The second-order valence-electron chi connectivity index (χ2n) is 4.18. The maximum Gasteiger partial charge on any atom is 0.338 e. The molecule has 4 atom stereocenters. The molecule has 5 nitrogen and oxygen atoms in total. The van der Waals surface area contributed by atoms with Gasteiger partial charge < -0.3 is 19.3 Å². The van der Waals surface area contributed by atoms with E-state index < -0.39 is 30.6 Å². The van der Waals surface area contributed by atoms with Crippen molar-refractivity contribution in [3.05, 3.63) is 35.9 Å². The van der Waals surface area contributed by atoms with Crippen LogP contribution >= 0.6 is 0 Å². The molecule has 0 saturated carbocycles. The average molecular weight is 270 g/mol. The van der Waals surface area contributed by atoms with Gasteiger partial charge in [0.15, 0.2) is 12.5 Å². The number of hydrogen-bond donors (Lipinski definition) is 1. The number of carbonyl (C=O) groups is 1. The Morgan fingerprint density at radius 1 is 1.42 bits per heavy atom. The molecule has 1 aromatic rings. The number of methoxy groups -OCH3 is 1. The van der Waals surface area contributed by atoms with Crippen molar-refractivity contribution in [3.8, 4) is 0 Å². The van der Waals surface area contributed by atoms with Gasteiger partial charge in [0.1, 0.15) is 18.8 Å². The van der Waals surface area contributed by atoms with E-state index >= 15 is 0 Å². The minimum Gasteiger partial charge on any atom is -0.459 e. The number of aliphatic hydroxyl groups excluding tert-OH is 1. The van der Waals surface area contributed by atoms with Crippen LogP contribution in [0.25, 0.3) is 0 Å². The maximum absolute atomic E-state index is 13.6. The van der Waals surface area contributed by atoms with Crippen molar-refractivity contribution in [2.75, 3.05) is 13.7 Å². The molecule has 6 heteroatoms. The first-order chi connectivity index (χ1) is 9.13. The molecule has 1 aliphatic heterocycles. The summed E-state index contributed by atoms with van der Waals surface area (Å²) in [6.45, 7) is -0.272. The van der Waals surface area contributed by atoms with Crippen molar-refractivity contribution < 1.29 is 28.5 Å². The van der Waals surface area contributed by atoms with E-state index in [0.29, 0.717) is 5.56 Å². The van der Waals surface area contributed by atoms with Crippen molar-refractivity contribution >= 4 is 5.97 Å². The van der Waals surface area contributed by atoms with Gasteiger partial charge in [-0.3, -0.25) is 0 Å². The molecule has 0 spiro atoms. The minimum atomic E-state index is -1.64. The summed E-state index contributed by atoms with van der Waals surface area (Å²) < 4.78 is 28.4. The fourth-order valence-corrected chi connectivity index (χ4v) is 1.84. The average Bonchev–Trinajstić information content (AvgIpc) is 2.73. The molecule has 0 aromatic heterocycles. The molecule has 0 radical (unpaired) electrons. The third-order valence-corrected chi connectivity index (χ3v) is 2.89. The Morgan fingerprint density at radius 3 is 2.68 bits per heavy atom. The fraction of sp³-hybridized carbons (Fsp3) is 0.462. The molecule has 1 heterocycles. The van der Waals surface area contributed by atoms with Crippen LogP contribution in [0.15, 0.2) is 30.3 Å². The molecular formula is C13H15FO5. The quantitative estimate of drug-likeness (QED) is 0.824. The van der Waals surface area contributed by atoms with Gasteiger partial charge in [0.25, 0.3) is 0 Å². The molecule has 1 fully saturated rings. The molecular weight excluding hydrogens is 255 g/mol. The van der Waals surface area contributed by atoms with Crippen LogP contribution in [-0.2, 0) is 14.2 Å². The van der Waals surface area contributed by atoms with E-state index in [9.17, 15) is 14.3 Å². The van der Waals surface area contributed by atoms with Crippen molar-refractivity contribution in [2.24, 2.45) is 0 Å². The first kappa shape index (κ1) is 13.9. The lowest BCUT2D eigenvalue weighted by molar-refractivity contribution is -0.153. The predicted molar refractivity (Wildman–Crippen MR) is 63.3 cm³/mol. The van der Waals surface area contributed by atoms with E-state index in [4.69, 9.17) is 14.2 Å². The third-order valence-electron chi connectivity index (χ3n) is 2.89. The van der Waals surface area contributed by atoms with E-state index in [0.717, 1.165) is 0 Å². The second-order valence-corrected chi connectivity index (χ2v) is 4.18. The standard InChI is InChI=1S/C13H15FO5/c1-17-13-11(15)10(14)9(19-13)7-18-12(16)8-5-3-2-4-6-8/h2-6,9-11,13,15H,7H2,1H3/t9-,10+,11+,13-/m1/s1. The van der Waals surface area contributed by atoms with E-state index in [-0.39, 0.29) is 6.61 Å². The van der Waals surface area contributed by atoms with Gasteiger partial charge in [-0.05, 0) is 12.1 Å². The summed E-state index contributed by atoms with van der Waals surface area (Å²) >= 11 is 0. The summed E-state index contributed by atoms with van der Waals surface area (Å²) in [5.41, 5.74) is 0.375. The predicted octanol–water partition coefficient (Wildman–Crippen LogP) is 0.914. The monoisotopic (exact) mass is 270 g/mol. The Balaban J connectivity index is 1.88. The van der Waals surface area contributed by atoms with Crippen molar-refractivity contribution in [1.29, 1.82) is 0 Å². The van der Waals surface area contributed by atoms with Gasteiger partial charge >= 0.3 is 5.97 Å². The van der Waals surface area contributed by atoms with Gasteiger partial charge in [0.2, 0.25) is 0 Å². The van der Waals surface area contributed by atoms with E-state index in [1.54, 1.807) is 30.3 Å². The van der Waals surface area contributed by atoms with Crippen LogP contribution in [0.5, 0.6) is 0 Å². The molecule has 104 valence electrons. The highest BCUT2D eigenvalue weighted by molar-refractivity contribution is 5.89. The summed E-state index contributed by atoms with van der Waals surface area (Å²) in [7, 11) is 1.30. The normalized spacial score (nSPS) is 30.3. The summed E-state index contributed by atoms with van der Waals surface area (Å²) in [5.74, 6) is -0.563. The molecule has 0 bridgehead atoms. The lowest BCUT2D eigenvalue weighted by Crippen LogP contribution is -2.31. The number of carbonyl (C=O) groups excluding carboxylic acids is 1. The number of alkyl halides is 1. The molecule has 1 N–H and O–H groups in total. The van der Waals surface area contributed by atoms with Crippen molar-refractivity contribution in [2.45, 2.75) is 24.7 Å². The van der Waals surface area contributed by atoms with E-state index in [2.05, 4.69) is 0 Å². The van der Waals surface area contributed by atoms with Gasteiger partial charge in [0.05, 0.1) is 5.56 Å². The molecule has 2 rings (SSSR count). The highest BCUT2D eigenvalue weighted by atomic mass is 19.1. The number of aliphatic hydroxyl groups is 1. The Kier molecular flexibility index (Phi) is 4.47. The molecule has 19 heavy (non-hydrogen) atoms. The van der Waals surface area contributed by atoms with Gasteiger partial charge in [-0.2, -0.15) is 0 Å². The van der Waals surface area contributed by atoms with Crippen LogP contribution in [-0.4, -0.2) is 49.5 Å². The number of ether oxygens (including phenoxy) is 3. The highest BCUT2D eigenvalue weighted by Gasteiger charge is 2.45. The number of hydrogen-bond acceptors (Lipinski definition) is 5.